The number of fused-ring (bicyclic) bond motifs is 1. The van der Waals surface area contributed by atoms with Crippen molar-refractivity contribution in [2.75, 3.05) is 24.7 Å². The van der Waals surface area contributed by atoms with Gasteiger partial charge in [0.05, 0.1) is 18.2 Å². The molecular formula is C27H22ClNO6. The molecule has 1 unspecified atom stereocenters. The van der Waals surface area contributed by atoms with E-state index in [1.807, 2.05) is 6.92 Å². The number of ether oxygens (including phenoxy) is 3. The maximum atomic E-state index is 13.3. The molecule has 35 heavy (non-hydrogen) atoms. The summed E-state index contributed by atoms with van der Waals surface area (Å²) in [6, 6.07) is 17.8. The molecule has 0 aromatic heterocycles. The van der Waals surface area contributed by atoms with E-state index in [9.17, 15) is 14.7 Å². The third-order valence-corrected chi connectivity index (χ3v) is 6.10. The van der Waals surface area contributed by atoms with Crippen molar-refractivity contribution in [3.8, 4) is 17.2 Å². The molecule has 1 N–H and O–H groups in total. The molecule has 8 heteroatoms. The molecule has 0 bridgehead atoms. The first-order chi connectivity index (χ1) is 17.0. The van der Waals surface area contributed by atoms with Gasteiger partial charge in [0.25, 0.3) is 11.7 Å². The number of aliphatic hydroxyl groups excluding tert-OH is 1. The first-order valence-electron chi connectivity index (χ1n) is 11.2. The number of rotatable bonds is 5. The minimum Gasteiger partial charge on any atom is -0.507 e. The van der Waals surface area contributed by atoms with Crippen molar-refractivity contribution < 1.29 is 28.9 Å². The molecule has 7 nitrogen and oxygen atoms in total. The van der Waals surface area contributed by atoms with Gasteiger partial charge in [-0.1, -0.05) is 29.8 Å². The Kier molecular flexibility index (Phi) is 6.09. The summed E-state index contributed by atoms with van der Waals surface area (Å²) in [6.07, 6.45) is 0. The van der Waals surface area contributed by atoms with Gasteiger partial charge in [0.2, 0.25) is 0 Å². The van der Waals surface area contributed by atoms with Gasteiger partial charge < -0.3 is 19.3 Å². The van der Waals surface area contributed by atoms with E-state index >= 15 is 0 Å². The number of hydrogen-bond donors (Lipinski definition) is 1. The summed E-state index contributed by atoms with van der Waals surface area (Å²) in [6.45, 7) is 3.12. The number of ketones is 1. The molecule has 0 aliphatic carbocycles. The number of halogens is 1. The molecule has 2 aliphatic rings. The van der Waals surface area contributed by atoms with Crippen LogP contribution in [0.2, 0.25) is 5.02 Å². The lowest BCUT2D eigenvalue weighted by Crippen LogP contribution is -2.29. The molecule has 2 aliphatic heterocycles. The van der Waals surface area contributed by atoms with Gasteiger partial charge in [-0.25, -0.2) is 0 Å². The second kappa shape index (κ2) is 9.35. The number of carbonyl (C=O) groups is 2. The largest absolute Gasteiger partial charge is 0.507 e. The molecule has 5 rings (SSSR count). The zero-order valence-corrected chi connectivity index (χ0v) is 19.6. The Hall–Kier alpha value is -3.97. The fraction of sp³-hybridized carbons (Fsp3) is 0.185. The molecule has 178 valence electrons. The maximum Gasteiger partial charge on any atom is 0.300 e. The molecule has 1 atom stereocenters. The summed E-state index contributed by atoms with van der Waals surface area (Å²) in [4.78, 5) is 28.0. The molecule has 0 spiro atoms. The molecule has 3 aromatic carbocycles. The van der Waals surface area contributed by atoms with Crippen LogP contribution in [0, 0.1) is 0 Å². The lowest BCUT2D eigenvalue weighted by Gasteiger charge is -2.26. The molecule has 0 radical (unpaired) electrons. The highest BCUT2D eigenvalue weighted by atomic mass is 35.5. The summed E-state index contributed by atoms with van der Waals surface area (Å²) in [5, 5.41) is 11.8. The highest BCUT2D eigenvalue weighted by Gasteiger charge is 2.47. The van der Waals surface area contributed by atoms with Gasteiger partial charge in [-0.15, -0.1) is 0 Å². The van der Waals surface area contributed by atoms with Crippen molar-refractivity contribution in [3.05, 3.63) is 88.5 Å². The molecule has 2 heterocycles. The van der Waals surface area contributed by atoms with Crippen LogP contribution >= 0.6 is 11.6 Å². The Morgan fingerprint density at radius 1 is 1.03 bits per heavy atom. The van der Waals surface area contributed by atoms with Gasteiger partial charge in [0, 0.05) is 22.3 Å². The van der Waals surface area contributed by atoms with Gasteiger partial charge in [-0.3, -0.25) is 14.5 Å². The first-order valence-corrected chi connectivity index (χ1v) is 11.5. The van der Waals surface area contributed by atoms with Crippen LogP contribution in [0.4, 0.5) is 5.69 Å². The van der Waals surface area contributed by atoms with Gasteiger partial charge in [0.15, 0.2) is 11.5 Å². The lowest BCUT2D eigenvalue weighted by molar-refractivity contribution is -0.132. The van der Waals surface area contributed by atoms with Crippen molar-refractivity contribution in [1.82, 2.24) is 0 Å². The van der Waals surface area contributed by atoms with E-state index in [0.29, 0.717) is 58.9 Å². The molecule has 1 fully saturated rings. The van der Waals surface area contributed by atoms with Crippen LogP contribution in [-0.4, -0.2) is 36.6 Å². The Bertz CT molecular complexity index is 1330. The van der Waals surface area contributed by atoms with Crippen LogP contribution in [0.3, 0.4) is 0 Å². The average Bonchev–Trinajstić information content (AvgIpc) is 3.14. The van der Waals surface area contributed by atoms with E-state index in [0.717, 1.165) is 0 Å². The fourth-order valence-corrected chi connectivity index (χ4v) is 4.42. The van der Waals surface area contributed by atoms with Crippen molar-refractivity contribution in [1.29, 1.82) is 0 Å². The predicted octanol–water partition coefficient (Wildman–Crippen LogP) is 5.14. The fourth-order valence-electron chi connectivity index (χ4n) is 4.30. The van der Waals surface area contributed by atoms with Crippen LogP contribution in [0.25, 0.3) is 5.76 Å². The number of aliphatic hydroxyl groups is 1. The van der Waals surface area contributed by atoms with E-state index in [4.69, 9.17) is 25.8 Å². The van der Waals surface area contributed by atoms with E-state index in [1.54, 1.807) is 66.7 Å². The van der Waals surface area contributed by atoms with Crippen molar-refractivity contribution in [2.45, 2.75) is 13.0 Å². The van der Waals surface area contributed by atoms with Crippen molar-refractivity contribution >= 4 is 34.7 Å². The first kappa shape index (κ1) is 22.8. The summed E-state index contributed by atoms with van der Waals surface area (Å²) in [5.74, 6) is -0.272. The monoisotopic (exact) mass is 491 g/mol. The third kappa shape index (κ3) is 4.19. The molecule has 3 aromatic rings. The summed E-state index contributed by atoms with van der Waals surface area (Å²) < 4.78 is 16.8. The smallest absolute Gasteiger partial charge is 0.300 e. The lowest BCUT2D eigenvalue weighted by atomic mass is 9.95. The van der Waals surface area contributed by atoms with Crippen LogP contribution in [-0.2, 0) is 9.59 Å². The number of nitrogens with zero attached hydrogens (tertiary/aromatic N) is 1. The highest BCUT2D eigenvalue weighted by molar-refractivity contribution is 6.51. The normalized spacial score (nSPS) is 18.6. The standard InChI is InChI=1S/C27H22ClNO6/c1-2-33-20-5-3-4-19(15-20)29-24(16-6-9-18(28)10-7-16)23(26(31)27(29)32)25(30)17-8-11-21-22(14-17)35-13-12-34-21/h3-11,14-15,24,30H,2,12-13H2,1H3/b25-23-. The summed E-state index contributed by atoms with van der Waals surface area (Å²) >= 11 is 6.10. The summed E-state index contributed by atoms with van der Waals surface area (Å²) in [7, 11) is 0. The second-order valence-corrected chi connectivity index (χ2v) is 8.45. The Balaban J connectivity index is 1.67. The minimum atomic E-state index is -0.877. The van der Waals surface area contributed by atoms with Crippen LogP contribution in [0.1, 0.15) is 24.1 Å². The quantitative estimate of drug-likeness (QED) is 0.302. The number of anilines is 1. The van der Waals surface area contributed by atoms with Crippen molar-refractivity contribution in [2.24, 2.45) is 0 Å². The molecule has 0 saturated carbocycles. The number of amides is 1. The van der Waals surface area contributed by atoms with Crippen LogP contribution < -0.4 is 19.1 Å². The highest BCUT2D eigenvalue weighted by Crippen LogP contribution is 2.44. The predicted molar refractivity (Wildman–Crippen MR) is 131 cm³/mol. The van der Waals surface area contributed by atoms with E-state index in [1.165, 1.54) is 4.90 Å². The SMILES string of the molecule is CCOc1cccc(N2C(=O)C(=O)/C(=C(\O)c3ccc4c(c3)OCCO4)C2c2ccc(Cl)cc2)c1. The van der Waals surface area contributed by atoms with Gasteiger partial charge >= 0.3 is 0 Å². The Morgan fingerprint density at radius 2 is 1.77 bits per heavy atom. The molecular weight excluding hydrogens is 470 g/mol. The van der Waals surface area contributed by atoms with Gasteiger partial charge in [0.1, 0.15) is 24.7 Å². The number of carbonyl (C=O) groups excluding carboxylic acids is 2. The summed E-state index contributed by atoms with van der Waals surface area (Å²) in [5.41, 5.74) is 1.40. The zero-order chi connectivity index (χ0) is 24.5. The topological polar surface area (TPSA) is 85.3 Å². The Morgan fingerprint density at radius 3 is 2.51 bits per heavy atom. The third-order valence-electron chi connectivity index (χ3n) is 5.85. The Labute approximate surface area is 207 Å². The number of benzene rings is 3. The number of hydrogen-bond acceptors (Lipinski definition) is 6. The van der Waals surface area contributed by atoms with Gasteiger partial charge in [-0.05, 0) is 55.0 Å². The molecule has 1 amide bonds. The van der Waals surface area contributed by atoms with E-state index in [-0.39, 0.29) is 11.3 Å². The average molecular weight is 492 g/mol. The van der Waals surface area contributed by atoms with E-state index in [2.05, 4.69) is 0 Å². The second-order valence-electron chi connectivity index (χ2n) is 8.01. The van der Waals surface area contributed by atoms with Crippen LogP contribution in [0.5, 0.6) is 17.2 Å². The minimum absolute atomic E-state index is 0.0317. The van der Waals surface area contributed by atoms with Crippen LogP contribution in [0.15, 0.2) is 72.3 Å². The number of Topliss-reactive ketones (excluding diaryl/α,β-unsaturated/α-hetero) is 1. The zero-order valence-electron chi connectivity index (χ0n) is 18.9. The van der Waals surface area contributed by atoms with Crippen molar-refractivity contribution in [3.63, 3.8) is 0 Å². The van der Waals surface area contributed by atoms with Gasteiger partial charge in [-0.2, -0.15) is 0 Å². The maximum absolute atomic E-state index is 13.3. The molecule has 1 saturated heterocycles. The van der Waals surface area contributed by atoms with E-state index < -0.39 is 17.7 Å².